The number of nitro benzene ring substituents is 1. The van der Waals surface area contributed by atoms with Crippen LogP contribution in [0.4, 0.5) is 5.69 Å². The number of rotatable bonds is 4. The lowest BCUT2D eigenvalue weighted by molar-refractivity contribution is -0.385. The quantitative estimate of drug-likeness (QED) is 0.653. The van der Waals surface area contributed by atoms with Crippen molar-refractivity contribution in [2.24, 2.45) is 0 Å². The highest BCUT2D eigenvalue weighted by Crippen LogP contribution is 2.21. The summed E-state index contributed by atoms with van der Waals surface area (Å²) >= 11 is 3.24. The number of sulfone groups is 1. The van der Waals surface area contributed by atoms with Gasteiger partial charge in [-0.15, -0.1) is 0 Å². The molecule has 1 fully saturated rings. The van der Waals surface area contributed by atoms with E-state index in [0.29, 0.717) is 17.4 Å². The van der Waals surface area contributed by atoms with E-state index < -0.39 is 14.8 Å². The summed E-state index contributed by atoms with van der Waals surface area (Å²) in [6.45, 7) is 0.417. The molecule has 0 aliphatic carbocycles. The van der Waals surface area contributed by atoms with Gasteiger partial charge in [-0.3, -0.25) is 10.1 Å². The van der Waals surface area contributed by atoms with E-state index in [1.807, 2.05) is 0 Å². The maximum atomic E-state index is 11.5. The molecule has 1 N–H and O–H groups in total. The first kappa shape index (κ1) is 15.4. The summed E-state index contributed by atoms with van der Waals surface area (Å²) in [5, 5.41) is 13.9. The molecule has 110 valence electrons. The summed E-state index contributed by atoms with van der Waals surface area (Å²) in [5.74, 6) is 0.399. The fourth-order valence-corrected chi connectivity index (χ4v) is 4.49. The third-order valence-electron chi connectivity index (χ3n) is 3.21. The highest BCUT2D eigenvalue weighted by molar-refractivity contribution is 9.10. The van der Waals surface area contributed by atoms with E-state index >= 15 is 0 Å². The van der Waals surface area contributed by atoms with Crippen molar-refractivity contribution in [1.29, 1.82) is 0 Å². The molecule has 1 atom stereocenters. The predicted molar refractivity (Wildman–Crippen MR) is 79.3 cm³/mol. The molecule has 1 aliphatic rings. The van der Waals surface area contributed by atoms with Crippen molar-refractivity contribution < 1.29 is 13.3 Å². The molecular formula is C12H15BrN2O4S. The standard InChI is InChI=1S/C12H15BrN2O4S/c13-10-4-9(5-12(6-10)15(16)17)7-14-11-2-1-3-20(18,19)8-11/h4-6,11,14H,1-3,7-8H2. The first-order valence-corrected chi connectivity index (χ1v) is 8.85. The van der Waals surface area contributed by atoms with Crippen LogP contribution in [0.5, 0.6) is 0 Å². The summed E-state index contributed by atoms with van der Waals surface area (Å²) < 4.78 is 23.7. The average Bonchev–Trinajstić information content (AvgIpc) is 2.34. The topological polar surface area (TPSA) is 89.3 Å². The zero-order valence-corrected chi connectivity index (χ0v) is 13.1. The highest BCUT2D eigenvalue weighted by Gasteiger charge is 2.24. The Bertz CT molecular complexity index is 618. The molecule has 1 saturated heterocycles. The molecule has 1 unspecified atom stereocenters. The van der Waals surface area contributed by atoms with Gasteiger partial charge in [0.05, 0.1) is 16.4 Å². The van der Waals surface area contributed by atoms with Crippen molar-refractivity contribution in [1.82, 2.24) is 5.32 Å². The zero-order chi connectivity index (χ0) is 14.8. The van der Waals surface area contributed by atoms with Crippen molar-refractivity contribution in [3.63, 3.8) is 0 Å². The van der Waals surface area contributed by atoms with Crippen molar-refractivity contribution >= 4 is 31.5 Å². The van der Waals surface area contributed by atoms with E-state index in [9.17, 15) is 18.5 Å². The van der Waals surface area contributed by atoms with Crippen molar-refractivity contribution in [3.8, 4) is 0 Å². The van der Waals surface area contributed by atoms with Crippen LogP contribution in [0.15, 0.2) is 22.7 Å². The van der Waals surface area contributed by atoms with E-state index in [2.05, 4.69) is 21.2 Å². The SMILES string of the molecule is O=[N+]([O-])c1cc(Br)cc(CNC2CCCS(=O)(=O)C2)c1. The molecule has 0 radical (unpaired) electrons. The third-order valence-corrected chi connectivity index (χ3v) is 5.49. The summed E-state index contributed by atoms with van der Waals surface area (Å²) in [4.78, 5) is 10.3. The molecule has 1 aliphatic heterocycles. The molecule has 6 nitrogen and oxygen atoms in total. The summed E-state index contributed by atoms with van der Waals surface area (Å²) in [6, 6.07) is 4.65. The van der Waals surface area contributed by atoms with Crippen LogP contribution in [0.3, 0.4) is 0 Å². The Morgan fingerprint density at radius 3 is 2.80 bits per heavy atom. The minimum absolute atomic E-state index is 0.0208. The van der Waals surface area contributed by atoms with E-state index in [0.717, 1.165) is 12.0 Å². The van der Waals surface area contributed by atoms with Crippen LogP contribution >= 0.6 is 15.9 Å². The van der Waals surface area contributed by atoms with E-state index in [4.69, 9.17) is 0 Å². The Hall–Kier alpha value is -0.990. The van der Waals surface area contributed by atoms with Gasteiger partial charge >= 0.3 is 0 Å². The van der Waals surface area contributed by atoms with Gasteiger partial charge in [0.15, 0.2) is 9.84 Å². The van der Waals surface area contributed by atoms with Gasteiger partial charge in [0.2, 0.25) is 0 Å². The van der Waals surface area contributed by atoms with Crippen molar-refractivity contribution in [3.05, 3.63) is 38.3 Å². The number of nitro groups is 1. The lowest BCUT2D eigenvalue weighted by Gasteiger charge is -2.23. The summed E-state index contributed by atoms with van der Waals surface area (Å²) in [6.07, 6.45) is 1.48. The fraction of sp³-hybridized carbons (Fsp3) is 0.500. The molecule has 8 heteroatoms. The number of hydrogen-bond donors (Lipinski definition) is 1. The van der Waals surface area contributed by atoms with Crippen LogP contribution in [0.1, 0.15) is 18.4 Å². The van der Waals surface area contributed by atoms with E-state index in [1.54, 1.807) is 6.07 Å². The van der Waals surface area contributed by atoms with Gasteiger partial charge in [0.1, 0.15) is 0 Å². The molecule has 0 bridgehead atoms. The smallest absolute Gasteiger partial charge is 0.270 e. The van der Waals surface area contributed by atoms with Crippen LogP contribution in [-0.4, -0.2) is 30.9 Å². The summed E-state index contributed by atoms with van der Waals surface area (Å²) in [5.41, 5.74) is 0.779. The number of non-ortho nitro benzene ring substituents is 1. The number of nitrogens with zero attached hydrogens (tertiary/aromatic N) is 1. The Labute approximate surface area is 125 Å². The number of hydrogen-bond acceptors (Lipinski definition) is 5. The van der Waals surface area contributed by atoms with Crippen LogP contribution in [-0.2, 0) is 16.4 Å². The fourth-order valence-electron chi connectivity index (χ4n) is 2.29. The highest BCUT2D eigenvalue weighted by atomic mass is 79.9. The Morgan fingerprint density at radius 2 is 2.15 bits per heavy atom. The second-order valence-electron chi connectivity index (χ2n) is 4.91. The Morgan fingerprint density at radius 1 is 1.40 bits per heavy atom. The van der Waals surface area contributed by atoms with Gasteiger partial charge in [-0.25, -0.2) is 8.42 Å². The molecule has 2 rings (SSSR count). The second-order valence-corrected chi connectivity index (χ2v) is 8.05. The molecule has 0 saturated carbocycles. The minimum atomic E-state index is -2.95. The minimum Gasteiger partial charge on any atom is -0.309 e. The maximum Gasteiger partial charge on any atom is 0.270 e. The Balaban J connectivity index is 2.02. The van der Waals surface area contributed by atoms with Crippen molar-refractivity contribution in [2.45, 2.75) is 25.4 Å². The lowest BCUT2D eigenvalue weighted by Crippen LogP contribution is -2.39. The largest absolute Gasteiger partial charge is 0.309 e. The van der Waals surface area contributed by atoms with Crippen LogP contribution in [0.25, 0.3) is 0 Å². The first-order valence-electron chi connectivity index (χ1n) is 6.23. The third kappa shape index (κ3) is 4.26. The second kappa shape index (κ2) is 6.19. The lowest BCUT2D eigenvalue weighted by atomic mass is 10.1. The van der Waals surface area contributed by atoms with Gasteiger partial charge in [-0.05, 0) is 24.5 Å². The molecular weight excluding hydrogens is 348 g/mol. The number of halogens is 1. The molecule has 0 amide bonds. The number of benzene rings is 1. The van der Waals surface area contributed by atoms with Gasteiger partial charge in [0, 0.05) is 29.2 Å². The van der Waals surface area contributed by atoms with Gasteiger partial charge in [0.25, 0.3) is 5.69 Å². The van der Waals surface area contributed by atoms with Crippen molar-refractivity contribution in [2.75, 3.05) is 11.5 Å². The molecule has 0 spiro atoms. The maximum absolute atomic E-state index is 11.5. The van der Waals surface area contributed by atoms with E-state index in [-0.39, 0.29) is 23.2 Å². The molecule has 1 aromatic rings. The van der Waals surface area contributed by atoms with Crippen LogP contribution in [0.2, 0.25) is 0 Å². The summed E-state index contributed by atoms with van der Waals surface area (Å²) in [7, 11) is -2.95. The van der Waals surface area contributed by atoms with Gasteiger partial charge in [-0.1, -0.05) is 15.9 Å². The zero-order valence-electron chi connectivity index (χ0n) is 10.7. The normalized spacial score (nSPS) is 21.6. The van der Waals surface area contributed by atoms with Crippen LogP contribution in [0, 0.1) is 10.1 Å². The molecule has 1 aromatic carbocycles. The number of nitrogens with one attached hydrogen (secondary N) is 1. The van der Waals surface area contributed by atoms with Crippen LogP contribution < -0.4 is 5.32 Å². The monoisotopic (exact) mass is 362 g/mol. The average molecular weight is 363 g/mol. The van der Waals surface area contributed by atoms with Gasteiger partial charge < -0.3 is 5.32 Å². The molecule has 20 heavy (non-hydrogen) atoms. The Kier molecular flexibility index (Phi) is 4.77. The van der Waals surface area contributed by atoms with E-state index in [1.165, 1.54) is 12.1 Å². The molecule has 1 heterocycles. The predicted octanol–water partition coefficient (Wildman–Crippen LogP) is 2.02. The first-order chi connectivity index (χ1) is 9.35. The molecule has 0 aromatic heterocycles. The van der Waals surface area contributed by atoms with Gasteiger partial charge in [-0.2, -0.15) is 0 Å².